The molecule has 0 radical (unpaired) electrons. The molecule has 0 atom stereocenters. The standard InChI is InChI=1S/C16H23NO3/c1-4-5-8-11-20-15(18)12-17(3)16(19)14-10-7-6-9-13(14)2/h6-7,9-10H,4-5,8,11-12H2,1-3H3. The van der Waals surface area contributed by atoms with Gasteiger partial charge < -0.3 is 9.64 Å². The fraction of sp³-hybridized carbons (Fsp3) is 0.500. The number of ether oxygens (including phenoxy) is 1. The molecule has 0 heterocycles. The van der Waals surface area contributed by atoms with Crippen LogP contribution in [0.5, 0.6) is 0 Å². The van der Waals surface area contributed by atoms with E-state index in [0.717, 1.165) is 24.8 Å². The van der Waals surface area contributed by atoms with Crippen LogP contribution in [0, 0.1) is 6.92 Å². The third-order valence-corrected chi connectivity index (χ3v) is 3.10. The maximum Gasteiger partial charge on any atom is 0.325 e. The molecule has 110 valence electrons. The van der Waals surface area contributed by atoms with Gasteiger partial charge in [0.15, 0.2) is 0 Å². The minimum atomic E-state index is -0.356. The molecule has 0 saturated heterocycles. The number of nitrogens with zero attached hydrogens (tertiary/aromatic N) is 1. The number of likely N-dealkylation sites (N-methyl/N-ethyl adjacent to an activating group) is 1. The van der Waals surface area contributed by atoms with Crippen molar-refractivity contribution in [3.8, 4) is 0 Å². The monoisotopic (exact) mass is 277 g/mol. The molecule has 0 saturated carbocycles. The van der Waals surface area contributed by atoms with E-state index in [1.54, 1.807) is 13.1 Å². The molecule has 0 spiro atoms. The second-order valence-corrected chi connectivity index (χ2v) is 4.90. The van der Waals surface area contributed by atoms with E-state index in [-0.39, 0.29) is 18.4 Å². The van der Waals surface area contributed by atoms with E-state index in [0.29, 0.717) is 12.2 Å². The second kappa shape index (κ2) is 8.35. The zero-order chi connectivity index (χ0) is 15.0. The Bertz CT molecular complexity index is 457. The Balaban J connectivity index is 2.46. The van der Waals surface area contributed by atoms with Crippen LogP contribution in [0.4, 0.5) is 0 Å². The molecular weight excluding hydrogens is 254 g/mol. The number of amides is 1. The van der Waals surface area contributed by atoms with Gasteiger partial charge in [-0.1, -0.05) is 38.0 Å². The predicted molar refractivity (Wildman–Crippen MR) is 78.6 cm³/mol. The molecule has 0 aliphatic carbocycles. The normalized spacial score (nSPS) is 10.2. The van der Waals surface area contributed by atoms with Crippen molar-refractivity contribution in [1.29, 1.82) is 0 Å². The molecule has 4 nitrogen and oxygen atoms in total. The maximum absolute atomic E-state index is 12.2. The van der Waals surface area contributed by atoms with E-state index in [2.05, 4.69) is 6.92 Å². The van der Waals surface area contributed by atoms with E-state index >= 15 is 0 Å². The Morgan fingerprint density at radius 3 is 2.55 bits per heavy atom. The molecule has 1 rings (SSSR count). The smallest absolute Gasteiger partial charge is 0.325 e. The van der Waals surface area contributed by atoms with E-state index in [9.17, 15) is 9.59 Å². The molecule has 1 aromatic rings. The Hall–Kier alpha value is -1.84. The molecule has 0 aliphatic rings. The van der Waals surface area contributed by atoms with Gasteiger partial charge in [-0.15, -0.1) is 0 Å². The molecule has 0 aliphatic heterocycles. The van der Waals surface area contributed by atoms with Gasteiger partial charge in [-0.05, 0) is 25.0 Å². The van der Waals surface area contributed by atoms with Gasteiger partial charge in [0, 0.05) is 12.6 Å². The van der Waals surface area contributed by atoms with Crippen LogP contribution in [0.15, 0.2) is 24.3 Å². The quantitative estimate of drug-likeness (QED) is 0.568. The number of hydrogen-bond donors (Lipinski definition) is 0. The molecular formula is C16H23NO3. The zero-order valence-electron chi connectivity index (χ0n) is 12.5. The average molecular weight is 277 g/mol. The van der Waals surface area contributed by atoms with Crippen molar-refractivity contribution in [1.82, 2.24) is 4.90 Å². The lowest BCUT2D eigenvalue weighted by atomic mass is 10.1. The van der Waals surface area contributed by atoms with E-state index in [1.807, 2.05) is 25.1 Å². The zero-order valence-corrected chi connectivity index (χ0v) is 12.5. The Labute approximate surface area is 120 Å². The third kappa shape index (κ3) is 5.03. The molecule has 4 heteroatoms. The van der Waals surface area contributed by atoms with Gasteiger partial charge in [-0.25, -0.2) is 0 Å². The molecule has 1 amide bonds. The summed E-state index contributed by atoms with van der Waals surface area (Å²) in [4.78, 5) is 25.2. The van der Waals surface area contributed by atoms with Gasteiger partial charge in [0.25, 0.3) is 5.91 Å². The lowest BCUT2D eigenvalue weighted by Gasteiger charge is -2.17. The lowest BCUT2D eigenvalue weighted by molar-refractivity contribution is -0.144. The van der Waals surface area contributed by atoms with Crippen LogP contribution in [-0.4, -0.2) is 37.0 Å². The summed E-state index contributed by atoms with van der Waals surface area (Å²) >= 11 is 0. The van der Waals surface area contributed by atoms with Gasteiger partial charge in [0.2, 0.25) is 0 Å². The molecule has 0 bridgehead atoms. The van der Waals surface area contributed by atoms with Crippen molar-refractivity contribution in [2.24, 2.45) is 0 Å². The number of unbranched alkanes of at least 4 members (excludes halogenated alkanes) is 2. The summed E-state index contributed by atoms with van der Waals surface area (Å²) in [6.07, 6.45) is 3.01. The largest absolute Gasteiger partial charge is 0.464 e. The summed E-state index contributed by atoms with van der Waals surface area (Å²) in [5.41, 5.74) is 1.52. The molecule has 0 aromatic heterocycles. The van der Waals surface area contributed by atoms with Crippen molar-refractivity contribution in [2.75, 3.05) is 20.2 Å². The number of rotatable bonds is 7. The average Bonchev–Trinajstić information content (AvgIpc) is 2.43. The number of benzene rings is 1. The fourth-order valence-corrected chi connectivity index (χ4v) is 1.87. The highest BCUT2D eigenvalue weighted by molar-refractivity contribution is 5.97. The summed E-state index contributed by atoms with van der Waals surface area (Å²) in [6, 6.07) is 7.34. The van der Waals surface area contributed by atoms with Crippen LogP contribution in [0.2, 0.25) is 0 Å². The van der Waals surface area contributed by atoms with E-state index in [1.165, 1.54) is 4.90 Å². The second-order valence-electron chi connectivity index (χ2n) is 4.90. The first-order valence-electron chi connectivity index (χ1n) is 7.03. The molecule has 0 N–H and O–H groups in total. The minimum absolute atomic E-state index is 0.0146. The lowest BCUT2D eigenvalue weighted by Crippen LogP contribution is -2.33. The first-order chi connectivity index (χ1) is 9.56. The number of aryl methyl sites for hydroxylation is 1. The number of esters is 1. The van der Waals surface area contributed by atoms with Gasteiger partial charge in [0.1, 0.15) is 6.54 Å². The summed E-state index contributed by atoms with van der Waals surface area (Å²) in [5.74, 6) is -0.515. The SMILES string of the molecule is CCCCCOC(=O)CN(C)C(=O)c1ccccc1C. The first kappa shape index (κ1) is 16.2. The van der Waals surface area contributed by atoms with Crippen molar-refractivity contribution in [3.63, 3.8) is 0 Å². The Kier molecular flexibility index (Phi) is 6.77. The highest BCUT2D eigenvalue weighted by Crippen LogP contribution is 2.09. The number of hydrogen-bond acceptors (Lipinski definition) is 3. The minimum Gasteiger partial charge on any atom is -0.464 e. The van der Waals surface area contributed by atoms with E-state index < -0.39 is 0 Å². The van der Waals surface area contributed by atoms with Crippen molar-refractivity contribution < 1.29 is 14.3 Å². The summed E-state index contributed by atoms with van der Waals surface area (Å²) in [6.45, 7) is 4.39. The van der Waals surface area contributed by atoms with Gasteiger partial charge in [0.05, 0.1) is 6.61 Å². The van der Waals surface area contributed by atoms with Crippen LogP contribution >= 0.6 is 0 Å². The summed E-state index contributed by atoms with van der Waals surface area (Å²) < 4.78 is 5.10. The van der Waals surface area contributed by atoms with Gasteiger partial charge >= 0.3 is 5.97 Å². The topological polar surface area (TPSA) is 46.6 Å². The van der Waals surface area contributed by atoms with Crippen LogP contribution < -0.4 is 0 Å². The van der Waals surface area contributed by atoms with Crippen LogP contribution in [0.25, 0.3) is 0 Å². The highest BCUT2D eigenvalue weighted by atomic mass is 16.5. The number of carbonyl (C=O) groups is 2. The fourth-order valence-electron chi connectivity index (χ4n) is 1.87. The highest BCUT2D eigenvalue weighted by Gasteiger charge is 2.16. The Morgan fingerprint density at radius 1 is 1.20 bits per heavy atom. The van der Waals surface area contributed by atoms with Crippen molar-refractivity contribution in [3.05, 3.63) is 35.4 Å². The van der Waals surface area contributed by atoms with Gasteiger partial charge in [-0.2, -0.15) is 0 Å². The third-order valence-electron chi connectivity index (χ3n) is 3.10. The summed E-state index contributed by atoms with van der Waals surface area (Å²) in [5, 5.41) is 0. The number of carbonyl (C=O) groups excluding carboxylic acids is 2. The van der Waals surface area contributed by atoms with Gasteiger partial charge in [-0.3, -0.25) is 9.59 Å². The van der Waals surface area contributed by atoms with Crippen molar-refractivity contribution >= 4 is 11.9 Å². The molecule has 0 unspecified atom stereocenters. The molecule has 20 heavy (non-hydrogen) atoms. The van der Waals surface area contributed by atoms with Crippen molar-refractivity contribution in [2.45, 2.75) is 33.1 Å². The maximum atomic E-state index is 12.2. The predicted octanol–water partition coefficient (Wildman–Crippen LogP) is 2.80. The first-order valence-corrected chi connectivity index (χ1v) is 7.03. The van der Waals surface area contributed by atoms with Crippen LogP contribution in [0.1, 0.15) is 42.1 Å². The van der Waals surface area contributed by atoms with Crippen LogP contribution in [0.3, 0.4) is 0 Å². The Morgan fingerprint density at radius 2 is 1.90 bits per heavy atom. The van der Waals surface area contributed by atoms with Crippen LogP contribution in [-0.2, 0) is 9.53 Å². The molecule has 1 aromatic carbocycles. The molecule has 0 fully saturated rings. The van der Waals surface area contributed by atoms with E-state index in [4.69, 9.17) is 4.74 Å². The summed E-state index contributed by atoms with van der Waals surface area (Å²) in [7, 11) is 1.61.